The molecule has 2 unspecified atom stereocenters. The highest BCUT2D eigenvalue weighted by Crippen LogP contribution is 2.14. The molecule has 0 amide bonds. The Labute approximate surface area is 97.9 Å². The molecule has 1 saturated heterocycles. The van der Waals surface area contributed by atoms with Gasteiger partial charge in [0, 0.05) is 13.1 Å². The zero-order valence-corrected chi connectivity index (χ0v) is 10.6. The fourth-order valence-corrected chi connectivity index (χ4v) is 2.08. The molecule has 0 aliphatic carbocycles. The Morgan fingerprint density at radius 1 is 1.50 bits per heavy atom. The molecule has 0 N–H and O–H groups in total. The number of rotatable bonds is 5. The molecule has 1 heterocycles. The van der Waals surface area contributed by atoms with E-state index in [9.17, 15) is 4.79 Å². The number of hydrogen-bond donors (Lipinski definition) is 0. The van der Waals surface area contributed by atoms with Gasteiger partial charge in [-0.15, -0.1) is 0 Å². The van der Waals surface area contributed by atoms with Gasteiger partial charge in [-0.2, -0.15) is 0 Å². The van der Waals surface area contributed by atoms with E-state index < -0.39 is 0 Å². The lowest BCUT2D eigenvalue weighted by Crippen LogP contribution is -2.50. The van der Waals surface area contributed by atoms with Gasteiger partial charge < -0.3 is 9.47 Å². The van der Waals surface area contributed by atoms with Gasteiger partial charge in [-0.3, -0.25) is 9.69 Å². The van der Waals surface area contributed by atoms with Crippen LogP contribution in [-0.2, 0) is 14.3 Å². The third kappa shape index (κ3) is 3.46. The SMILES string of the molecule is CCOC(=O)C(CC)N1CCOC(CC)C1. The number of carbonyl (C=O) groups is 1. The summed E-state index contributed by atoms with van der Waals surface area (Å²) in [5, 5.41) is 0. The molecule has 94 valence electrons. The molecule has 0 aromatic heterocycles. The van der Waals surface area contributed by atoms with Crippen LogP contribution in [0.3, 0.4) is 0 Å². The Morgan fingerprint density at radius 3 is 2.81 bits per heavy atom. The largest absolute Gasteiger partial charge is 0.465 e. The monoisotopic (exact) mass is 229 g/mol. The summed E-state index contributed by atoms with van der Waals surface area (Å²) in [5.41, 5.74) is 0. The van der Waals surface area contributed by atoms with E-state index in [0.29, 0.717) is 13.2 Å². The van der Waals surface area contributed by atoms with E-state index in [0.717, 1.165) is 25.9 Å². The van der Waals surface area contributed by atoms with Crippen molar-refractivity contribution in [1.29, 1.82) is 0 Å². The molecule has 0 saturated carbocycles. The average molecular weight is 229 g/mol. The molecule has 0 spiro atoms. The van der Waals surface area contributed by atoms with E-state index >= 15 is 0 Å². The highest BCUT2D eigenvalue weighted by molar-refractivity contribution is 5.75. The lowest BCUT2D eigenvalue weighted by molar-refractivity contribution is -0.153. The first-order valence-corrected chi connectivity index (χ1v) is 6.25. The van der Waals surface area contributed by atoms with Crippen molar-refractivity contribution in [3.63, 3.8) is 0 Å². The topological polar surface area (TPSA) is 38.8 Å². The van der Waals surface area contributed by atoms with Crippen LogP contribution in [0.15, 0.2) is 0 Å². The summed E-state index contributed by atoms with van der Waals surface area (Å²) in [5.74, 6) is -0.0956. The van der Waals surface area contributed by atoms with E-state index in [1.807, 2.05) is 13.8 Å². The summed E-state index contributed by atoms with van der Waals surface area (Å²) < 4.78 is 10.7. The van der Waals surface area contributed by atoms with Gasteiger partial charge in [0.05, 0.1) is 19.3 Å². The third-order valence-corrected chi connectivity index (χ3v) is 3.01. The minimum absolute atomic E-state index is 0.0956. The first-order chi connectivity index (χ1) is 7.72. The summed E-state index contributed by atoms with van der Waals surface area (Å²) in [7, 11) is 0. The highest BCUT2D eigenvalue weighted by Gasteiger charge is 2.29. The number of morpholine rings is 1. The lowest BCUT2D eigenvalue weighted by atomic mass is 10.1. The van der Waals surface area contributed by atoms with E-state index in [-0.39, 0.29) is 18.1 Å². The van der Waals surface area contributed by atoms with Crippen LogP contribution in [0.25, 0.3) is 0 Å². The molecule has 4 nitrogen and oxygen atoms in total. The maximum atomic E-state index is 11.8. The van der Waals surface area contributed by atoms with Gasteiger partial charge in [-0.05, 0) is 19.8 Å². The summed E-state index contributed by atoms with van der Waals surface area (Å²) >= 11 is 0. The minimum Gasteiger partial charge on any atom is -0.465 e. The Bertz CT molecular complexity index is 220. The van der Waals surface area contributed by atoms with Gasteiger partial charge in [0.1, 0.15) is 6.04 Å². The Hall–Kier alpha value is -0.610. The normalized spacial score (nSPS) is 24.1. The van der Waals surface area contributed by atoms with Gasteiger partial charge in [0.25, 0.3) is 0 Å². The summed E-state index contributed by atoms with van der Waals surface area (Å²) in [6.45, 7) is 8.82. The zero-order chi connectivity index (χ0) is 12.0. The van der Waals surface area contributed by atoms with Crippen molar-refractivity contribution >= 4 is 5.97 Å². The number of esters is 1. The molecule has 16 heavy (non-hydrogen) atoms. The standard InChI is InChI=1S/C12H23NO3/c1-4-10-9-13(7-8-16-10)11(5-2)12(14)15-6-3/h10-11H,4-9H2,1-3H3. The Morgan fingerprint density at radius 2 is 2.25 bits per heavy atom. The maximum absolute atomic E-state index is 11.8. The molecule has 1 aliphatic heterocycles. The van der Waals surface area contributed by atoms with Crippen molar-refractivity contribution < 1.29 is 14.3 Å². The number of ether oxygens (including phenoxy) is 2. The maximum Gasteiger partial charge on any atom is 0.323 e. The highest BCUT2D eigenvalue weighted by atomic mass is 16.5. The average Bonchev–Trinajstić information content (AvgIpc) is 2.31. The van der Waals surface area contributed by atoms with E-state index in [4.69, 9.17) is 9.47 Å². The van der Waals surface area contributed by atoms with Crippen molar-refractivity contribution in [2.24, 2.45) is 0 Å². The molecule has 1 fully saturated rings. The molecular weight excluding hydrogens is 206 g/mol. The minimum atomic E-state index is -0.0992. The first kappa shape index (κ1) is 13.5. The molecule has 2 atom stereocenters. The van der Waals surface area contributed by atoms with Crippen LogP contribution in [0, 0.1) is 0 Å². The van der Waals surface area contributed by atoms with Crippen molar-refractivity contribution in [2.75, 3.05) is 26.3 Å². The molecule has 4 heteroatoms. The summed E-state index contributed by atoms with van der Waals surface area (Å²) in [6, 6.07) is -0.0992. The number of hydrogen-bond acceptors (Lipinski definition) is 4. The molecule has 0 radical (unpaired) electrons. The molecule has 0 bridgehead atoms. The van der Waals surface area contributed by atoms with Crippen LogP contribution < -0.4 is 0 Å². The number of nitrogens with zero attached hydrogens (tertiary/aromatic N) is 1. The van der Waals surface area contributed by atoms with Crippen LogP contribution in [-0.4, -0.2) is 49.3 Å². The lowest BCUT2D eigenvalue weighted by Gasteiger charge is -2.36. The van der Waals surface area contributed by atoms with Gasteiger partial charge in [0.15, 0.2) is 0 Å². The van der Waals surface area contributed by atoms with Crippen LogP contribution in [0.2, 0.25) is 0 Å². The smallest absolute Gasteiger partial charge is 0.323 e. The van der Waals surface area contributed by atoms with Crippen LogP contribution in [0.1, 0.15) is 33.6 Å². The Kier molecular flexibility index (Phi) is 5.77. The van der Waals surface area contributed by atoms with Crippen molar-refractivity contribution in [3.8, 4) is 0 Å². The van der Waals surface area contributed by atoms with E-state index in [2.05, 4.69) is 11.8 Å². The second-order valence-corrected chi connectivity index (χ2v) is 4.07. The second-order valence-electron chi connectivity index (χ2n) is 4.07. The predicted octanol–water partition coefficient (Wildman–Crippen LogP) is 1.44. The fraction of sp³-hybridized carbons (Fsp3) is 0.917. The molecule has 0 aromatic carbocycles. The van der Waals surface area contributed by atoms with Crippen LogP contribution >= 0.6 is 0 Å². The van der Waals surface area contributed by atoms with Gasteiger partial charge in [-0.25, -0.2) is 0 Å². The molecular formula is C12H23NO3. The molecule has 1 rings (SSSR count). The molecule has 0 aromatic rings. The van der Waals surface area contributed by atoms with E-state index in [1.54, 1.807) is 0 Å². The second kappa shape index (κ2) is 6.86. The van der Waals surface area contributed by atoms with Gasteiger partial charge >= 0.3 is 5.97 Å². The van der Waals surface area contributed by atoms with E-state index in [1.165, 1.54) is 0 Å². The zero-order valence-electron chi connectivity index (χ0n) is 10.6. The Balaban J connectivity index is 2.54. The van der Waals surface area contributed by atoms with Gasteiger partial charge in [0.2, 0.25) is 0 Å². The summed E-state index contributed by atoms with van der Waals surface area (Å²) in [4.78, 5) is 14.0. The van der Waals surface area contributed by atoms with Crippen LogP contribution in [0.5, 0.6) is 0 Å². The van der Waals surface area contributed by atoms with Crippen molar-refractivity contribution in [2.45, 2.75) is 45.8 Å². The summed E-state index contributed by atoms with van der Waals surface area (Å²) in [6.07, 6.45) is 2.06. The number of carbonyl (C=O) groups excluding carboxylic acids is 1. The van der Waals surface area contributed by atoms with Crippen molar-refractivity contribution in [3.05, 3.63) is 0 Å². The molecule has 1 aliphatic rings. The van der Waals surface area contributed by atoms with Gasteiger partial charge in [-0.1, -0.05) is 13.8 Å². The predicted molar refractivity (Wildman–Crippen MR) is 62.3 cm³/mol. The van der Waals surface area contributed by atoms with Crippen LogP contribution in [0.4, 0.5) is 0 Å². The van der Waals surface area contributed by atoms with Crippen molar-refractivity contribution in [1.82, 2.24) is 4.90 Å². The quantitative estimate of drug-likeness (QED) is 0.669. The fourth-order valence-electron chi connectivity index (χ4n) is 2.08. The first-order valence-electron chi connectivity index (χ1n) is 6.25. The third-order valence-electron chi connectivity index (χ3n) is 3.01.